The Morgan fingerprint density at radius 2 is 1.61 bits per heavy atom. The lowest BCUT2D eigenvalue weighted by molar-refractivity contribution is 0.121. The van der Waals surface area contributed by atoms with Crippen LogP contribution in [0.25, 0.3) is 0 Å². The van der Waals surface area contributed by atoms with E-state index in [1.807, 2.05) is 0 Å². The average Bonchev–Trinajstić information content (AvgIpc) is 2.82. The lowest BCUT2D eigenvalue weighted by atomic mass is 10.2. The smallest absolute Gasteiger partial charge is 0.250 e. The molecule has 2 aliphatic rings. The van der Waals surface area contributed by atoms with Gasteiger partial charge in [-0.25, -0.2) is 5.43 Å². The van der Waals surface area contributed by atoms with Crippen molar-refractivity contribution in [3.63, 3.8) is 0 Å². The number of nitrogens with zero attached hydrogens (tertiary/aromatic N) is 6. The fourth-order valence-corrected chi connectivity index (χ4v) is 3.66. The molecule has 31 heavy (non-hydrogen) atoms. The molecule has 0 atom stereocenters. The van der Waals surface area contributed by atoms with E-state index in [-0.39, 0.29) is 5.75 Å². The molecule has 0 bridgehead atoms. The van der Waals surface area contributed by atoms with E-state index < -0.39 is 0 Å². The lowest BCUT2D eigenvalue weighted by Crippen LogP contribution is -2.40. The van der Waals surface area contributed by atoms with Crippen LogP contribution in [0.3, 0.4) is 0 Å². The minimum absolute atomic E-state index is 0.0374. The van der Waals surface area contributed by atoms with E-state index in [9.17, 15) is 5.11 Å². The Labute approximate surface area is 188 Å². The average molecular weight is 494 g/mol. The monoisotopic (exact) mass is 493 g/mol. The van der Waals surface area contributed by atoms with Crippen molar-refractivity contribution in [2.45, 2.75) is 0 Å². The molecule has 0 aliphatic carbocycles. The molecule has 12 heteroatoms. The molecule has 0 amide bonds. The summed E-state index contributed by atoms with van der Waals surface area (Å²) in [6.45, 7) is 5.42. The molecule has 2 saturated heterocycles. The molecular formula is C19H24BrN7O4. The fourth-order valence-electron chi connectivity index (χ4n) is 3.20. The summed E-state index contributed by atoms with van der Waals surface area (Å²) in [6.07, 6.45) is 1.60. The van der Waals surface area contributed by atoms with Gasteiger partial charge in [-0.05, 0) is 33.6 Å². The Hall–Kier alpha value is -2.70. The molecule has 0 unspecified atom stereocenters. The van der Waals surface area contributed by atoms with Gasteiger partial charge < -0.3 is 29.1 Å². The zero-order valence-corrected chi connectivity index (χ0v) is 18.7. The molecule has 11 nitrogen and oxygen atoms in total. The standard InChI is InChI=1S/C19H24BrN7O4/c1-29-15-11-13(10-14(20)16(15)28)12-21-25-17-22-18(26-2-6-30-7-3-26)24-19(23-17)27-4-8-31-9-5-27/h10-12,28H,2-9H2,1H3,(H,22,23,24,25)/b21-12-. The van der Waals surface area contributed by atoms with Gasteiger partial charge in [0.25, 0.3) is 0 Å². The molecule has 0 radical (unpaired) electrons. The summed E-state index contributed by atoms with van der Waals surface area (Å²) in [5.41, 5.74) is 3.62. The minimum atomic E-state index is 0.0374. The Morgan fingerprint density at radius 1 is 1.03 bits per heavy atom. The first kappa shape index (κ1) is 21.5. The van der Waals surface area contributed by atoms with Crippen LogP contribution in [-0.2, 0) is 9.47 Å². The highest BCUT2D eigenvalue weighted by Crippen LogP contribution is 2.34. The quantitative estimate of drug-likeness (QED) is 0.452. The Kier molecular flexibility index (Phi) is 6.99. The van der Waals surface area contributed by atoms with Gasteiger partial charge in [-0.3, -0.25) is 0 Å². The molecule has 166 valence electrons. The molecule has 2 aromatic rings. The highest BCUT2D eigenvalue weighted by Gasteiger charge is 2.20. The zero-order valence-electron chi connectivity index (χ0n) is 17.1. The van der Waals surface area contributed by atoms with Crippen LogP contribution in [-0.4, -0.2) is 86.0 Å². The number of anilines is 3. The first-order chi connectivity index (χ1) is 15.1. The van der Waals surface area contributed by atoms with Crippen molar-refractivity contribution >= 4 is 40.0 Å². The van der Waals surface area contributed by atoms with E-state index in [4.69, 9.17) is 14.2 Å². The number of hydrazone groups is 1. The molecule has 2 aliphatic heterocycles. The van der Waals surface area contributed by atoms with Crippen molar-refractivity contribution in [3.05, 3.63) is 22.2 Å². The van der Waals surface area contributed by atoms with E-state index in [1.54, 1.807) is 18.3 Å². The Bertz CT molecular complexity index is 897. The molecule has 4 rings (SSSR count). The van der Waals surface area contributed by atoms with Crippen molar-refractivity contribution in [3.8, 4) is 11.5 Å². The van der Waals surface area contributed by atoms with E-state index >= 15 is 0 Å². The number of halogens is 1. The molecule has 2 N–H and O–H groups in total. The number of phenols is 1. The van der Waals surface area contributed by atoms with Gasteiger partial charge in [-0.2, -0.15) is 20.1 Å². The van der Waals surface area contributed by atoms with Gasteiger partial charge >= 0.3 is 0 Å². The van der Waals surface area contributed by atoms with Gasteiger partial charge in [0.2, 0.25) is 17.8 Å². The summed E-state index contributed by atoms with van der Waals surface area (Å²) >= 11 is 3.31. The minimum Gasteiger partial charge on any atom is -0.503 e. The lowest BCUT2D eigenvalue weighted by Gasteiger charge is -2.30. The van der Waals surface area contributed by atoms with E-state index in [0.29, 0.717) is 54.5 Å². The van der Waals surface area contributed by atoms with Crippen LogP contribution in [0.1, 0.15) is 5.56 Å². The number of methoxy groups -OCH3 is 1. The number of nitrogens with one attached hydrogen (secondary N) is 1. The topological polar surface area (TPSA) is 117 Å². The normalized spacial score (nSPS) is 17.2. The number of hydrogen-bond donors (Lipinski definition) is 2. The first-order valence-electron chi connectivity index (χ1n) is 9.91. The molecule has 1 aromatic carbocycles. The molecule has 0 saturated carbocycles. The van der Waals surface area contributed by atoms with Crippen molar-refractivity contribution in [1.82, 2.24) is 15.0 Å². The highest BCUT2D eigenvalue weighted by atomic mass is 79.9. The first-order valence-corrected chi connectivity index (χ1v) is 10.7. The maximum absolute atomic E-state index is 9.95. The third-order valence-corrected chi connectivity index (χ3v) is 5.45. The van der Waals surface area contributed by atoms with Crippen LogP contribution >= 0.6 is 15.9 Å². The Morgan fingerprint density at radius 3 is 2.16 bits per heavy atom. The van der Waals surface area contributed by atoms with Crippen molar-refractivity contribution in [1.29, 1.82) is 0 Å². The molecule has 1 aromatic heterocycles. The summed E-state index contributed by atoms with van der Waals surface area (Å²) in [5, 5.41) is 14.2. The fraction of sp³-hybridized carbons (Fsp3) is 0.474. The van der Waals surface area contributed by atoms with Gasteiger partial charge in [-0.1, -0.05) is 0 Å². The van der Waals surface area contributed by atoms with Crippen LogP contribution in [0, 0.1) is 0 Å². The molecule has 3 heterocycles. The maximum Gasteiger partial charge on any atom is 0.250 e. The maximum atomic E-state index is 9.95. The number of aromatic hydroxyl groups is 1. The largest absolute Gasteiger partial charge is 0.503 e. The summed E-state index contributed by atoms with van der Waals surface area (Å²) in [5.74, 6) is 1.91. The number of hydrogen-bond acceptors (Lipinski definition) is 11. The molecule has 0 spiro atoms. The number of benzene rings is 1. The highest BCUT2D eigenvalue weighted by molar-refractivity contribution is 9.10. The number of rotatable bonds is 6. The third-order valence-electron chi connectivity index (χ3n) is 4.85. The van der Waals surface area contributed by atoms with Crippen LogP contribution < -0.4 is 20.0 Å². The molecular weight excluding hydrogens is 470 g/mol. The van der Waals surface area contributed by atoms with Crippen molar-refractivity contribution < 1.29 is 19.3 Å². The third kappa shape index (κ3) is 5.32. The number of phenolic OH excluding ortho intramolecular Hbond substituents is 1. The number of aromatic nitrogens is 3. The second-order valence-corrected chi connectivity index (χ2v) is 7.74. The van der Waals surface area contributed by atoms with Gasteiger partial charge in [-0.15, -0.1) is 0 Å². The number of ether oxygens (including phenoxy) is 3. The van der Waals surface area contributed by atoms with Crippen LogP contribution in [0.2, 0.25) is 0 Å². The second kappa shape index (κ2) is 10.1. The second-order valence-electron chi connectivity index (χ2n) is 6.88. The predicted molar refractivity (Wildman–Crippen MR) is 119 cm³/mol. The van der Waals surface area contributed by atoms with Gasteiger partial charge in [0.05, 0.1) is 44.2 Å². The van der Waals surface area contributed by atoms with Crippen LogP contribution in [0.4, 0.5) is 17.8 Å². The molecule has 2 fully saturated rings. The van der Waals surface area contributed by atoms with Crippen molar-refractivity contribution in [2.75, 3.05) is 74.9 Å². The van der Waals surface area contributed by atoms with Crippen LogP contribution in [0.5, 0.6) is 11.5 Å². The number of morpholine rings is 2. The summed E-state index contributed by atoms with van der Waals surface area (Å²) < 4.78 is 16.6. The van der Waals surface area contributed by atoms with Gasteiger partial charge in [0, 0.05) is 26.2 Å². The SMILES string of the molecule is COc1cc(/C=N\Nc2nc(N3CCOCC3)nc(N3CCOCC3)n2)cc(Br)c1O. The summed E-state index contributed by atoms with van der Waals surface area (Å²) in [7, 11) is 1.49. The van der Waals surface area contributed by atoms with Gasteiger partial charge in [0.1, 0.15) is 0 Å². The van der Waals surface area contributed by atoms with E-state index in [0.717, 1.165) is 31.7 Å². The van der Waals surface area contributed by atoms with Crippen molar-refractivity contribution in [2.24, 2.45) is 5.10 Å². The van der Waals surface area contributed by atoms with Crippen LogP contribution in [0.15, 0.2) is 21.7 Å². The summed E-state index contributed by atoms with van der Waals surface area (Å²) in [4.78, 5) is 17.9. The summed E-state index contributed by atoms with van der Waals surface area (Å²) in [6, 6.07) is 3.41. The van der Waals surface area contributed by atoms with E-state index in [1.165, 1.54) is 7.11 Å². The Balaban J connectivity index is 1.56. The predicted octanol–water partition coefficient (Wildman–Crippen LogP) is 1.47. The van der Waals surface area contributed by atoms with Gasteiger partial charge in [0.15, 0.2) is 11.5 Å². The van der Waals surface area contributed by atoms with E-state index in [2.05, 4.69) is 51.2 Å². The zero-order chi connectivity index (χ0) is 21.6.